The molecule has 1 aromatic rings. The van der Waals surface area contributed by atoms with Crippen LogP contribution >= 0.6 is 0 Å². The summed E-state index contributed by atoms with van der Waals surface area (Å²) in [5.41, 5.74) is 1.36. The third-order valence-corrected chi connectivity index (χ3v) is 5.57. The predicted molar refractivity (Wildman–Crippen MR) is 108 cm³/mol. The first kappa shape index (κ1) is 18.8. The van der Waals surface area contributed by atoms with Gasteiger partial charge in [-0.3, -0.25) is 9.89 Å². The molecular formula is C21H32N4O. The highest BCUT2D eigenvalue weighted by molar-refractivity contribution is 5.80. The van der Waals surface area contributed by atoms with Gasteiger partial charge in [-0.1, -0.05) is 24.3 Å². The van der Waals surface area contributed by atoms with Crippen molar-refractivity contribution in [2.75, 3.05) is 34.3 Å². The van der Waals surface area contributed by atoms with Gasteiger partial charge in [0.05, 0.1) is 7.11 Å². The Morgan fingerprint density at radius 2 is 1.96 bits per heavy atom. The molecular weight excluding hydrogens is 324 g/mol. The highest BCUT2D eigenvalue weighted by Crippen LogP contribution is 2.35. The fourth-order valence-electron chi connectivity index (χ4n) is 4.15. The van der Waals surface area contributed by atoms with Crippen molar-refractivity contribution < 1.29 is 4.74 Å². The molecule has 2 N–H and O–H groups in total. The number of nitrogens with zero attached hydrogens (tertiary/aromatic N) is 2. The summed E-state index contributed by atoms with van der Waals surface area (Å²) < 4.78 is 5.31. The van der Waals surface area contributed by atoms with Crippen LogP contribution in [0.4, 0.5) is 0 Å². The largest absolute Gasteiger partial charge is 0.497 e. The standard InChI is InChI=1S/C21H32N4O/c1-22-21(24-18-8-4-5-9-18)23-15-17-7-6-14-25(2)20(17)16-10-12-19(26-3)13-11-16/h4-5,10-13,17-18,20H,6-9,14-15H2,1-3H3,(H2,22,23,24). The molecule has 2 aliphatic rings. The fourth-order valence-corrected chi connectivity index (χ4v) is 4.15. The lowest BCUT2D eigenvalue weighted by molar-refractivity contribution is 0.122. The number of hydrogen-bond donors (Lipinski definition) is 2. The van der Waals surface area contributed by atoms with Crippen molar-refractivity contribution in [1.29, 1.82) is 0 Å². The SMILES string of the molecule is CN=C(NCC1CCCN(C)C1c1ccc(OC)cc1)NC1CC=CC1. The molecule has 1 fully saturated rings. The van der Waals surface area contributed by atoms with Crippen LogP contribution in [0.2, 0.25) is 0 Å². The Kier molecular flexibility index (Phi) is 6.56. The van der Waals surface area contributed by atoms with Gasteiger partial charge in [-0.05, 0) is 62.9 Å². The monoisotopic (exact) mass is 356 g/mol. The Balaban J connectivity index is 1.63. The minimum atomic E-state index is 0.424. The maximum absolute atomic E-state index is 5.31. The number of nitrogens with one attached hydrogen (secondary N) is 2. The summed E-state index contributed by atoms with van der Waals surface area (Å²) in [7, 11) is 5.80. The lowest BCUT2D eigenvalue weighted by Crippen LogP contribution is -2.47. The first-order valence-electron chi connectivity index (χ1n) is 9.67. The molecule has 3 rings (SSSR count). The quantitative estimate of drug-likeness (QED) is 0.484. The average molecular weight is 357 g/mol. The van der Waals surface area contributed by atoms with Crippen LogP contribution < -0.4 is 15.4 Å². The highest BCUT2D eigenvalue weighted by Gasteiger charge is 2.30. The van der Waals surface area contributed by atoms with Gasteiger partial charge in [0.25, 0.3) is 0 Å². The summed E-state index contributed by atoms with van der Waals surface area (Å²) in [6.07, 6.45) is 9.12. The van der Waals surface area contributed by atoms with Crippen LogP contribution in [0.15, 0.2) is 41.4 Å². The molecule has 0 spiro atoms. The van der Waals surface area contributed by atoms with Crippen molar-refractivity contribution in [1.82, 2.24) is 15.5 Å². The van der Waals surface area contributed by atoms with Gasteiger partial charge in [0, 0.05) is 25.7 Å². The summed E-state index contributed by atoms with van der Waals surface area (Å²) in [5, 5.41) is 7.10. The molecule has 1 saturated heterocycles. The molecule has 0 amide bonds. The topological polar surface area (TPSA) is 48.9 Å². The number of benzene rings is 1. The van der Waals surface area contributed by atoms with Gasteiger partial charge in [-0.15, -0.1) is 0 Å². The number of rotatable bonds is 5. The number of methoxy groups -OCH3 is 1. The van der Waals surface area contributed by atoms with Crippen LogP contribution in [0.3, 0.4) is 0 Å². The van der Waals surface area contributed by atoms with Crippen LogP contribution in [-0.2, 0) is 0 Å². The lowest BCUT2D eigenvalue weighted by atomic mass is 9.85. The highest BCUT2D eigenvalue weighted by atomic mass is 16.5. The Morgan fingerprint density at radius 3 is 2.62 bits per heavy atom. The van der Waals surface area contributed by atoms with E-state index in [-0.39, 0.29) is 0 Å². The zero-order valence-electron chi connectivity index (χ0n) is 16.2. The van der Waals surface area contributed by atoms with Crippen molar-refractivity contribution in [2.45, 2.75) is 37.8 Å². The van der Waals surface area contributed by atoms with Crippen molar-refractivity contribution >= 4 is 5.96 Å². The zero-order chi connectivity index (χ0) is 18.4. The molecule has 5 heteroatoms. The van der Waals surface area contributed by atoms with Crippen molar-refractivity contribution in [3.05, 3.63) is 42.0 Å². The molecule has 5 nitrogen and oxygen atoms in total. The molecule has 0 bridgehead atoms. The first-order valence-corrected chi connectivity index (χ1v) is 9.67. The number of guanidine groups is 1. The minimum absolute atomic E-state index is 0.424. The molecule has 142 valence electrons. The van der Waals surface area contributed by atoms with Crippen molar-refractivity contribution in [3.63, 3.8) is 0 Å². The van der Waals surface area contributed by atoms with Gasteiger partial charge in [-0.2, -0.15) is 0 Å². The van der Waals surface area contributed by atoms with Crippen LogP contribution in [0.5, 0.6) is 5.75 Å². The predicted octanol–water partition coefficient (Wildman–Crippen LogP) is 2.96. The Morgan fingerprint density at radius 1 is 1.23 bits per heavy atom. The maximum atomic E-state index is 5.31. The van der Waals surface area contributed by atoms with Gasteiger partial charge < -0.3 is 15.4 Å². The second-order valence-corrected chi connectivity index (χ2v) is 7.34. The van der Waals surface area contributed by atoms with Crippen molar-refractivity contribution in [3.8, 4) is 5.75 Å². The van der Waals surface area contributed by atoms with Crippen LogP contribution in [-0.4, -0.2) is 51.2 Å². The van der Waals surface area contributed by atoms with Gasteiger partial charge in [0.2, 0.25) is 0 Å². The van der Waals surface area contributed by atoms with E-state index in [0.29, 0.717) is 18.0 Å². The molecule has 0 radical (unpaired) electrons. The number of ether oxygens (including phenoxy) is 1. The summed E-state index contributed by atoms with van der Waals surface area (Å²) in [6, 6.07) is 9.44. The van der Waals surface area contributed by atoms with Gasteiger partial charge in [-0.25, -0.2) is 0 Å². The number of hydrogen-bond acceptors (Lipinski definition) is 3. The zero-order valence-corrected chi connectivity index (χ0v) is 16.2. The molecule has 26 heavy (non-hydrogen) atoms. The second kappa shape index (κ2) is 9.08. The maximum Gasteiger partial charge on any atom is 0.191 e. The van der Waals surface area contributed by atoms with Crippen LogP contribution in [0, 0.1) is 5.92 Å². The Labute approximate surface area is 157 Å². The molecule has 0 saturated carbocycles. The Bertz CT molecular complexity index is 617. The number of piperidine rings is 1. The molecule has 2 atom stereocenters. The molecule has 0 aromatic heterocycles. The van der Waals surface area contributed by atoms with E-state index in [9.17, 15) is 0 Å². The van der Waals surface area contributed by atoms with E-state index < -0.39 is 0 Å². The van der Waals surface area contributed by atoms with E-state index in [4.69, 9.17) is 4.74 Å². The van der Waals surface area contributed by atoms with E-state index in [1.54, 1.807) is 7.11 Å². The second-order valence-electron chi connectivity index (χ2n) is 7.34. The van der Waals surface area contributed by atoms with Crippen LogP contribution in [0.25, 0.3) is 0 Å². The van der Waals surface area contributed by atoms with Crippen molar-refractivity contribution in [2.24, 2.45) is 10.9 Å². The first-order chi connectivity index (χ1) is 12.7. The molecule has 1 aromatic carbocycles. The fraction of sp³-hybridized carbons (Fsp3) is 0.571. The van der Waals surface area contributed by atoms with Gasteiger partial charge >= 0.3 is 0 Å². The van der Waals surface area contributed by atoms with E-state index in [1.807, 2.05) is 7.05 Å². The summed E-state index contributed by atoms with van der Waals surface area (Å²) in [4.78, 5) is 6.89. The summed E-state index contributed by atoms with van der Waals surface area (Å²) in [5.74, 6) is 2.39. The van der Waals surface area contributed by atoms with Gasteiger partial charge in [0.15, 0.2) is 5.96 Å². The minimum Gasteiger partial charge on any atom is -0.497 e. The van der Waals surface area contributed by atoms with E-state index in [2.05, 4.69) is 64.0 Å². The Hall–Kier alpha value is -2.01. The third kappa shape index (κ3) is 4.58. The lowest BCUT2D eigenvalue weighted by Gasteiger charge is -2.40. The van der Waals surface area contributed by atoms with Crippen LogP contribution in [0.1, 0.15) is 37.3 Å². The van der Waals surface area contributed by atoms with E-state index in [1.165, 1.54) is 18.4 Å². The van der Waals surface area contributed by atoms with Gasteiger partial charge in [0.1, 0.15) is 5.75 Å². The smallest absolute Gasteiger partial charge is 0.191 e. The molecule has 1 heterocycles. The number of aliphatic imine (C=N–C) groups is 1. The molecule has 1 aliphatic carbocycles. The average Bonchev–Trinajstić information content (AvgIpc) is 3.18. The third-order valence-electron chi connectivity index (χ3n) is 5.57. The van der Waals surface area contributed by atoms with E-state index >= 15 is 0 Å². The summed E-state index contributed by atoms with van der Waals surface area (Å²) in [6.45, 7) is 2.08. The number of likely N-dealkylation sites (tertiary alicyclic amines) is 1. The molecule has 2 unspecified atom stereocenters. The normalized spacial score (nSPS) is 24.7. The summed E-state index contributed by atoms with van der Waals surface area (Å²) >= 11 is 0. The molecule has 1 aliphatic heterocycles. The van der Waals surface area contributed by atoms with E-state index in [0.717, 1.165) is 37.6 Å².